The van der Waals surface area contributed by atoms with Crippen LogP contribution in [0.4, 0.5) is 0 Å². The SMILES string of the molecule is CN=C(NCC(c1ccccc1OC)N1CCCC1)N(C)CCC1CCOCC1.I. The smallest absolute Gasteiger partial charge is 0.193 e. The summed E-state index contributed by atoms with van der Waals surface area (Å²) in [6.45, 7) is 5.96. The van der Waals surface area contributed by atoms with Gasteiger partial charge in [0, 0.05) is 46.0 Å². The lowest BCUT2D eigenvalue weighted by molar-refractivity contribution is 0.0625. The van der Waals surface area contributed by atoms with E-state index in [1.54, 1.807) is 7.11 Å². The topological polar surface area (TPSA) is 49.3 Å². The minimum Gasteiger partial charge on any atom is -0.496 e. The summed E-state index contributed by atoms with van der Waals surface area (Å²) in [5.74, 6) is 2.71. The zero-order valence-electron chi connectivity index (χ0n) is 18.8. The van der Waals surface area contributed by atoms with Crippen molar-refractivity contribution < 1.29 is 9.47 Å². The lowest BCUT2D eigenvalue weighted by Gasteiger charge is -2.31. The Labute approximate surface area is 199 Å². The van der Waals surface area contributed by atoms with Crippen LogP contribution in [0.15, 0.2) is 29.3 Å². The van der Waals surface area contributed by atoms with Crippen molar-refractivity contribution in [2.45, 2.75) is 38.1 Å². The molecule has 1 unspecified atom stereocenters. The Morgan fingerprint density at radius 1 is 1.27 bits per heavy atom. The molecule has 0 bridgehead atoms. The van der Waals surface area contributed by atoms with Crippen LogP contribution in [0.5, 0.6) is 5.75 Å². The summed E-state index contributed by atoms with van der Waals surface area (Å²) in [7, 11) is 5.78. The summed E-state index contributed by atoms with van der Waals surface area (Å²) < 4.78 is 11.2. The highest BCUT2D eigenvalue weighted by Gasteiger charge is 2.26. The standard InChI is InChI=1S/C23H38N4O2.HI/c1-24-23(26(2)15-10-19-11-16-29-17-12-19)25-18-21(27-13-6-7-14-27)20-8-4-5-9-22(20)28-3;/h4-5,8-9,19,21H,6-7,10-18H2,1-3H3,(H,24,25);1H. The molecule has 6 nitrogen and oxygen atoms in total. The predicted octanol–water partition coefficient (Wildman–Crippen LogP) is 3.77. The Hall–Kier alpha value is -1.06. The van der Waals surface area contributed by atoms with Crippen LogP contribution in [0.2, 0.25) is 0 Å². The number of nitrogens with zero attached hydrogens (tertiary/aromatic N) is 3. The highest BCUT2D eigenvalue weighted by atomic mass is 127. The molecule has 30 heavy (non-hydrogen) atoms. The van der Waals surface area contributed by atoms with E-state index in [0.717, 1.165) is 57.0 Å². The fourth-order valence-corrected chi connectivity index (χ4v) is 4.52. The van der Waals surface area contributed by atoms with Gasteiger partial charge >= 0.3 is 0 Å². The second-order valence-corrected chi connectivity index (χ2v) is 8.19. The fraction of sp³-hybridized carbons (Fsp3) is 0.696. The molecule has 0 saturated carbocycles. The number of methoxy groups -OCH3 is 1. The highest BCUT2D eigenvalue weighted by Crippen LogP contribution is 2.31. The van der Waals surface area contributed by atoms with Crippen LogP contribution in [0.3, 0.4) is 0 Å². The van der Waals surface area contributed by atoms with Crippen molar-refractivity contribution in [2.75, 3.05) is 60.6 Å². The Bertz CT molecular complexity index is 646. The molecule has 7 heteroatoms. The van der Waals surface area contributed by atoms with Crippen LogP contribution in [-0.2, 0) is 4.74 Å². The van der Waals surface area contributed by atoms with Crippen LogP contribution < -0.4 is 10.1 Å². The van der Waals surface area contributed by atoms with Gasteiger partial charge in [-0.3, -0.25) is 9.89 Å². The van der Waals surface area contributed by atoms with Gasteiger partial charge in [-0.15, -0.1) is 24.0 Å². The molecule has 2 saturated heterocycles. The zero-order valence-corrected chi connectivity index (χ0v) is 21.1. The number of aliphatic imine (C=N–C) groups is 1. The van der Waals surface area contributed by atoms with Crippen molar-refractivity contribution in [3.05, 3.63) is 29.8 Å². The highest BCUT2D eigenvalue weighted by molar-refractivity contribution is 14.0. The molecule has 1 N–H and O–H groups in total. The molecule has 0 aromatic heterocycles. The molecule has 1 aromatic rings. The van der Waals surface area contributed by atoms with Gasteiger partial charge in [-0.25, -0.2) is 0 Å². The van der Waals surface area contributed by atoms with Gasteiger partial charge in [0.25, 0.3) is 0 Å². The predicted molar refractivity (Wildman–Crippen MR) is 134 cm³/mol. The van der Waals surface area contributed by atoms with Crippen LogP contribution in [0.1, 0.15) is 43.7 Å². The van der Waals surface area contributed by atoms with E-state index in [2.05, 4.69) is 45.4 Å². The summed E-state index contributed by atoms with van der Waals surface area (Å²) in [5, 5.41) is 3.64. The van der Waals surface area contributed by atoms with Crippen LogP contribution in [-0.4, -0.2) is 76.4 Å². The quantitative estimate of drug-likeness (QED) is 0.315. The first kappa shape index (κ1) is 25.2. The summed E-state index contributed by atoms with van der Waals surface area (Å²) in [6, 6.07) is 8.69. The molecular formula is C23H39IN4O2. The van der Waals surface area contributed by atoms with Gasteiger partial charge in [-0.05, 0) is 57.2 Å². The van der Waals surface area contributed by atoms with Gasteiger partial charge in [-0.1, -0.05) is 18.2 Å². The number of rotatable bonds is 8. The van der Waals surface area contributed by atoms with Crippen LogP contribution >= 0.6 is 24.0 Å². The first-order valence-electron chi connectivity index (χ1n) is 11.1. The Morgan fingerprint density at radius 3 is 2.63 bits per heavy atom. The molecule has 0 amide bonds. The van der Waals surface area contributed by atoms with E-state index in [4.69, 9.17) is 9.47 Å². The third kappa shape index (κ3) is 6.99. The lowest BCUT2D eigenvalue weighted by atomic mass is 9.96. The van der Waals surface area contributed by atoms with Crippen molar-refractivity contribution in [3.63, 3.8) is 0 Å². The maximum absolute atomic E-state index is 5.67. The Morgan fingerprint density at radius 2 is 1.97 bits per heavy atom. The monoisotopic (exact) mass is 530 g/mol. The van der Waals surface area contributed by atoms with E-state index in [-0.39, 0.29) is 30.0 Å². The molecule has 0 aliphatic carbocycles. The average molecular weight is 530 g/mol. The molecule has 170 valence electrons. The Kier molecular flexibility index (Phi) is 11.2. The second-order valence-electron chi connectivity index (χ2n) is 8.19. The van der Waals surface area contributed by atoms with E-state index >= 15 is 0 Å². The number of ether oxygens (including phenoxy) is 2. The van der Waals surface area contributed by atoms with E-state index < -0.39 is 0 Å². The van der Waals surface area contributed by atoms with Gasteiger partial charge in [0.1, 0.15) is 5.75 Å². The fourth-order valence-electron chi connectivity index (χ4n) is 4.52. The normalized spacial score (nSPS) is 19.2. The maximum Gasteiger partial charge on any atom is 0.193 e. The minimum absolute atomic E-state index is 0. The van der Waals surface area contributed by atoms with Gasteiger partial charge in [0.05, 0.1) is 13.2 Å². The number of hydrogen-bond donors (Lipinski definition) is 1. The molecule has 2 fully saturated rings. The molecule has 2 aliphatic rings. The number of para-hydroxylation sites is 1. The molecule has 2 heterocycles. The number of likely N-dealkylation sites (tertiary alicyclic amines) is 1. The summed E-state index contributed by atoms with van der Waals surface area (Å²) in [5.41, 5.74) is 1.25. The first-order valence-corrected chi connectivity index (χ1v) is 11.1. The second kappa shape index (κ2) is 13.4. The number of guanidine groups is 1. The van der Waals surface area contributed by atoms with Crippen molar-refractivity contribution in [1.29, 1.82) is 0 Å². The summed E-state index contributed by atoms with van der Waals surface area (Å²) in [4.78, 5) is 9.38. The van der Waals surface area contributed by atoms with Gasteiger partial charge in [0.2, 0.25) is 0 Å². The molecule has 0 radical (unpaired) electrons. The molecule has 2 aliphatic heterocycles. The van der Waals surface area contributed by atoms with E-state index in [1.165, 1.54) is 37.7 Å². The van der Waals surface area contributed by atoms with Crippen molar-refractivity contribution in [2.24, 2.45) is 10.9 Å². The van der Waals surface area contributed by atoms with Crippen LogP contribution in [0, 0.1) is 5.92 Å². The molecule has 0 spiro atoms. The molecule has 1 atom stereocenters. The average Bonchev–Trinajstić information content (AvgIpc) is 3.30. The van der Waals surface area contributed by atoms with Crippen molar-refractivity contribution >= 4 is 29.9 Å². The van der Waals surface area contributed by atoms with Gasteiger partial charge in [-0.2, -0.15) is 0 Å². The summed E-state index contributed by atoms with van der Waals surface area (Å²) >= 11 is 0. The molecule has 1 aromatic carbocycles. The third-order valence-corrected chi connectivity index (χ3v) is 6.32. The lowest BCUT2D eigenvalue weighted by Crippen LogP contribution is -2.44. The maximum atomic E-state index is 5.67. The molecular weight excluding hydrogens is 491 g/mol. The van der Waals surface area contributed by atoms with E-state index in [1.807, 2.05) is 13.1 Å². The van der Waals surface area contributed by atoms with E-state index in [9.17, 15) is 0 Å². The van der Waals surface area contributed by atoms with E-state index in [0.29, 0.717) is 0 Å². The number of halogens is 1. The largest absolute Gasteiger partial charge is 0.496 e. The van der Waals surface area contributed by atoms with Crippen molar-refractivity contribution in [3.8, 4) is 5.75 Å². The van der Waals surface area contributed by atoms with Gasteiger partial charge < -0.3 is 19.7 Å². The summed E-state index contributed by atoms with van der Waals surface area (Å²) in [6.07, 6.45) is 6.11. The number of hydrogen-bond acceptors (Lipinski definition) is 4. The van der Waals surface area contributed by atoms with Gasteiger partial charge in [0.15, 0.2) is 5.96 Å². The third-order valence-electron chi connectivity index (χ3n) is 6.32. The zero-order chi connectivity index (χ0) is 20.5. The molecule has 3 rings (SSSR count). The van der Waals surface area contributed by atoms with Crippen molar-refractivity contribution in [1.82, 2.24) is 15.1 Å². The number of nitrogens with one attached hydrogen (secondary N) is 1. The Balaban J connectivity index is 0.00000320. The van der Waals surface area contributed by atoms with Crippen LogP contribution in [0.25, 0.3) is 0 Å². The minimum atomic E-state index is 0. The first-order chi connectivity index (χ1) is 14.2. The number of benzene rings is 1.